The lowest BCUT2D eigenvalue weighted by Gasteiger charge is -2.10. The van der Waals surface area contributed by atoms with Gasteiger partial charge in [0.2, 0.25) is 10.0 Å². The second kappa shape index (κ2) is 5.50. The van der Waals surface area contributed by atoms with Crippen LogP contribution >= 0.6 is 0 Å². The number of nitrogens with zero attached hydrogens (tertiary/aromatic N) is 3. The number of rotatable bonds is 5. The van der Waals surface area contributed by atoms with E-state index < -0.39 is 10.0 Å². The molecule has 0 bridgehead atoms. The molecule has 0 aliphatic heterocycles. The lowest BCUT2D eigenvalue weighted by atomic mass is 10.3. The molecule has 1 atom stereocenters. The van der Waals surface area contributed by atoms with Crippen molar-refractivity contribution >= 4 is 10.0 Å². The predicted octanol–water partition coefficient (Wildman–Crippen LogP) is 1.34. The smallest absolute Gasteiger partial charge is 0.237 e. The van der Waals surface area contributed by atoms with Crippen molar-refractivity contribution in [3.63, 3.8) is 0 Å². The van der Waals surface area contributed by atoms with Crippen LogP contribution in [-0.2, 0) is 10.0 Å². The van der Waals surface area contributed by atoms with E-state index in [1.54, 1.807) is 18.3 Å². The zero-order valence-corrected chi connectivity index (χ0v) is 11.6. The molecule has 0 fully saturated rings. The molecule has 102 valence electrons. The molecule has 0 radical (unpaired) electrons. The van der Waals surface area contributed by atoms with Gasteiger partial charge in [0.1, 0.15) is 4.90 Å². The lowest BCUT2D eigenvalue weighted by Crippen LogP contribution is -2.31. The Morgan fingerprint density at radius 2 is 2.21 bits per heavy atom. The normalized spacial score (nSPS) is 13.4. The number of aromatic nitrogens is 3. The molecule has 0 spiro atoms. The van der Waals surface area contributed by atoms with Gasteiger partial charge in [0.15, 0.2) is 5.82 Å². The van der Waals surface area contributed by atoms with Crippen molar-refractivity contribution < 1.29 is 8.42 Å². The number of hydrogen-bond donors (Lipinski definition) is 1. The fourth-order valence-corrected chi connectivity index (χ4v) is 2.73. The summed E-state index contributed by atoms with van der Waals surface area (Å²) in [5.74, 6) is 0.576. The first kappa shape index (κ1) is 13.7. The Hall–Kier alpha value is -1.73. The van der Waals surface area contributed by atoms with Gasteiger partial charge >= 0.3 is 0 Å². The van der Waals surface area contributed by atoms with Crippen molar-refractivity contribution in [1.82, 2.24) is 19.5 Å². The first-order valence-corrected chi connectivity index (χ1v) is 7.49. The topological polar surface area (TPSA) is 76.9 Å². The molecule has 0 amide bonds. The zero-order valence-electron chi connectivity index (χ0n) is 10.8. The summed E-state index contributed by atoms with van der Waals surface area (Å²) in [6.45, 7) is 3.74. The second-order valence-electron chi connectivity index (χ2n) is 4.24. The average molecular weight is 280 g/mol. The van der Waals surface area contributed by atoms with Gasteiger partial charge in [-0.2, -0.15) is 5.10 Å². The summed E-state index contributed by atoms with van der Waals surface area (Å²) in [5.41, 5.74) is 0. The van der Waals surface area contributed by atoms with Crippen LogP contribution in [-0.4, -0.2) is 29.2 Å². The summed E-state index contributed by atoms with van der Waals surface area (Å²) >= 11 is 0. The molecule has 19 heavy (non-hydrogen) atoms. The highest BCUT2D eigenvalue weighted by Crippen LogP contribution is 2.11. The van der Waals surface area contributed by atoms with E-state index in [0.717, 1.165) is 6.42 Å². The zero-order chi connectivity index (χ0) is 13.9. The van der Waals surface area contributed by atoms with E-state index >= 15 is 0 Å². The summed E-state index contributed by atoms with van der Waals surface area (Å²) in [4.78, 5) is 4.24. The van der Waals surface area contributed by atoms with Crippen molar-refractivity contribution in [3.05, 3.63) is 36.8 Å². The van der Waals surface area contributed by atoms with Gasteiger partial charge < -0.3 is 0 Å². The molecule has 1 unspecified atom stereocenters. The van der Waals surface area contributed by atoms with Crippen LogP contribution in [0.2, 0.25) is 0 Å². The molecule has 6 nitrogen and oxygen atoms in total. The number of sulfonamides is 1. The summed E-state index contributed by atoms with van der Waals surface area (Å²) in [6, 6.07) is 5.25. The van der Waals surface area contributed by atoms with Crippen molar-refractivity contribution in [2.24, 2.45) is 0 Å². The van der Waals surface area contributed by atoms with Gasteiger partial charge in [-0.15, -0.1) is 0 Å². The molecule has 2 heterocycles. The highest BCUT2D eigenvalue weighted by Gasteiger charge is 2.18. The molecule has 0 saturated carbocycles. The van der Waals surface area contributed by atoms with Crippen LogP contribution in [0.25, 0.3) is 5.82 Å². The van der Waals surface area contributed by atoms with E-state index in [2.05, 4.69) is 14.8 Å². The predicted molar refractivity (Wildman–Crippen MR) is 71.4 cm³/mol. The number of pyridine rings is 1. The van der Waals surface area contributed by atoms with E-state index in [-0.39, 0.29) is 10.9 Å². The van der Waals surface area contributed by atoms with Crippen molar-refractivity contribution in [3.8, 4) is 5.82 Å². The van der Waals surface area contributed by atoms with E-state index in [4.69, 9.17) is 0 Å². The minimum atomic E-state index is -3.52. The van der Waals surface area contributed by atoms with Crippen LogP contribution in [0, 0.1) is 0 Å². The molecule has 0 aromatic carbocycles. The summed E-state index contributed by atoms with van der Waals surface area (Å²) in [7, 11) is -3.52. The van der Waals surface area contributed by atoms with Crippen LogP contribution in [0.15, 0.2) is 41.7 Å². The standard InChI is InChI=1S/C12H16N4O2S/c1-3-10(2)15-19(17,18)11-8-14-16(9-11)12-6-4-5-7-13-12/h4-10,15H,3H2,1-2H3. The molecule has 7 heteroatoms. The van der Waals surface area contributed by atoms with Crippen molar-refractivity contribution in [2.45, 2.75) is 31.2 Å². The molecule has 0 saturated heterocycles. The molecule has 0 aliphatic carbocycles. The number of nitrogens with one attached hydrogen (secondary N) is 1. The first-order chi connectivity index (χ1) is 9.03. The third-order valence-electron chi connectivity index (χ3n) is 2.72. The maximum absolute atomic E-state index is 12.1. The SMILES string of the molecule is CCC(C)NS(=O)(=O)c1cnn(-c2ccccn2)c1. The van der Waals surface area contributed by atoms with Gasteiger partial charge in [-0.3, -0.25) is 0 Å². The van der Waals surface area contributed by atoms with E-state index in [1.165, 1.54) is 17.1 Å². The first-order valence-electron chi connectivity index (χ1n) is 6.01. The number of hydrogen-bond acceptors (Lipinski definition) is 4. The van der Waals surface area contributed by atoms with Crippen LogP contribution in [0.1, 0.15) is 20.3 Å². The van der Waals surface area contributed by atoms with Gasteiger partial charge in [-0.1, -0.05) is 13.0 Å². The Kier molecular flexibility index (Phi) is 3.96. The van der Waals surface area contributed by atoms with E-state index in [0.29, 0.717) is 5.82 Å². The fourth-order valence-electron chi connectivity index (χ4n) is 1.48. The Bertz CT molecular complexity index is 637. The van der Waals surface area contributed by atoms with Crippen LogP contribution in [0.4, 0.5) is 0 Å². The highest BCUT2D eigenvalue weighted by molar-refractivity contribution is 7.89. The molecule has 2 aromatic heterocycles. The Balaban J connectivity index is 2.27. The maximum Gasteiger partial charge on any atom is 0.243 e. The Morgan fingerprint density at radius 1 is 1.42 bits per heavy atom. The van der Waals surface area contributed by atoms with Gasteiger partial charge in [0, 0.05) is 12.2 Å². The molecular formula is C12H16N4O2S. The minimum absolute atomic E-state index is 0.108. The maximum atomic E-state index is 12.1. The molecule has 0 aliphatic rings. The van der Waals surface area contributed by atoms with Crippen molar-refractivity contribution in [2.75, 3.05) is 0 Å². The fraction of sp³-hybridized carbons (Fsp3) is 0.333. The quantitative estimate of drug-likeness (QED) is 0.896. The third kappa shape index (κ3) is 3.18. The molecule has 2 aromatic rings. The van der Waals surface area contributed by atoms with Gasteiger partial charge in [0.05, 0.1) is 12.4 Å². The van der Waals surface area contributed by atoms with Gasteiger partial charge in [-0.05, 0) is 25.5 Å². The molecule has 2 rings (SSSR count). The average Bonchev–Trinajstić information content (AvgIpc) is 2.89. The van der Waals surface area contributed by atoms with Crippen molar-refractivity contribution in [1.29, 1.82) is 0 Å². The summed E-state index contributed by atoms with van der Waals surface area (Å²) < 4.78 is 28.1. The summed E-state index contributed by atoms with van der Waals surface area (Å²) in [6.07, 6.45) is 5.13. The lowest BCUT2D eigenvalue weighted by molar-refractivity contribution is 0.556. The van der Waals surface area contributed by atoms with Crippen LogP contribution < -0.4 is 4.72 Å². The van der Waals surface area contributed by atoms with Gasteiger partial charge in [-0.25, -0.2) is 22.8 Å². The van der Waals surface area contributed by atoms with Crippen LogP contribution in [0.5, 0.6) is 0 Å². The van der Waals surface area contributed by atoms with E-state index in [1.807, 2.05) is 19.9 Å². The Labute approximate surface area is 112 Å². The second-order valence-corrected chi connectivity index (χ2v) is 5.95. The molecular weight excluding hydrogens is 264 g/mol. The minimum Gasteiger partial charge on any atom is -0.237 e. The monoisotopic (exact) mass is 280 g/mol. The molecule has 1 N–H and O–H groups in total. The third-order valence-corrected chi connectivity index (χ3v) is 4.27. The highest BCUT2D eigenvalue weighted by atomic mass is 32.2. The largest absolute Gasteiger partial charge is 0.243 e. The van der Waals surface area contributed by atoms with Gasteiger partial charge in [0.25, 0.3) is 0 Å². The Morgan fingerprint density at radius 3 is 2.84 bits per heavy atom. The summed E-state index contributed by atoms with van der Waals surface area (Å²) in [5, 5.41) is 4.02. The van der Waals surface area contributed by atoms with E-state index in [9.17, 15) is 8.42 Å². The van der Waals surface area contributed by atoms with Crippen LogP contribution in [0.3, 0.4) is 0 Å².